The van der Waals surface area contributed by atoms with Crippen molar-refractivity contribution in [2.24, 2.45) is 0 Å². The largest absolute Gasteiger partial charge is 0.497 e. The van der Waals surface area contributed by atoms with Gasteiger partial charge in [-0.1, -0.05) is 18.2 Å². The van der Waals surface area contributed by atoms with Crippen LogP contribution in [0.2, 0.25) is 0 Å². The Kier molecular flexibility index (Phi) is 2.93. The van der Waals surface area contributed by atoms with Crippen molar-refractivity contribution in [1.29, 1.82) is 0 Å². The number of nitrogens with one attached hydrogen (secondary N) is 1. The predicted molar refractivity (Wildman–Crippen MR) is 74.0 cm³/mol. The molecule has 3 rings (SSSR count). The highest BCUT2D eigenvalue weighted by atomic mass is 16.5. The Bertz CT molecular complexity index is 719. The standard InChI is InChI=1S/C15H14N2O2/c1-19-14-5-4-10-6-12(3-2-11(10)7-14)15-16-8-13(9-18)17-15/h2-8,18H,9H2,1H3,(H,16,17). The summed E-state index contributed by atoms with van der Waals surface area (Å²) in [5, 5.41) is 11.3. The van der Waals surface area contributed by atoms with Crippen LogP contribution in [0.5, 0.6) is 5.75 Å². The number of imidazole rings is 1. The summed E-state index contributed by atoms with van der Waals surface area (Å²) in [6.45, 7) is -0.0300. The summed E-state index contributed by atoms with van der Waals surface area (Å²) in [5.74, 6) is 1.61. The van der Waals surface area contributed by atoms with Gasteiger partial charge in [-0.15, -0.1) is 0 Å². The van der Waals surface area contributed by atoms with Gasteiger partial charge in [0.05, 0.1) is 25.6 Å². The topological polar surface area (TPSA) is 58.1 Å². The van der Waals surface area contributed by atoms with Crippen molar-refractivity contribution >= 4 is 10.8 Å². The van der Waals surface area contributed by atoms with Crippen LogP contribution in [0.3, 0.4) is 0 Å². The summed E-state index contributed by atoms with van der Waals surface area (Å²) in [6.07, 6.45) is 1.65. The molecule has 0 bridgehead atoms. The van der Waals surface area contributed by atoms with Gasteiger partial charge in [-0.25, -0.2) is 4.98 Å². The first-order valence-electron chi connectivity index (χ1n) is 6.03. The molecule has 0 spiro atoms. The minimum absolute atomic E-state index is 0.0300. The quantitative estimate of drug-likeness (QED) is 0.755. The maximum absolute atomic E-state index is 9.04. The first kappa shape index (κ1) is 11.7. The number of ether oxygens (including phenoxy) is 1. The van der Waals surface area contributed by atoms with Crippen molar-refractivity contribution < 1.29 is 9.84 Å². The maximum Gasteiger partial charge on any atom is 0.137 e. The molecule has 0 radical (unpaired) electrons. The zero-order valence-electron chi connectivity index (χ0n) is 10.6. The lowest BCUT2D eigenvalue weighted by Crippen LogP contribution is -1.85. The van der Waals surface area contributed by atoms with Gasteiger partial charge in [-0.3, -0.25) is 0 Å². The van der Waals surface area contributed by atoms with Crippen molar-refractivity contribution in [3.8, 4) is 17.1 Å². The molecular formula is C15H14N2O2. The number of hydrogen-bond donors (Lipinski definition) is 2. The summed E-state index contributed by atoms with van der Waals surface area (Å²) in [6, 6.07) is 12.1. The Morgan fingerprint density at radius 1 is 1.16 bits per heavy atom. The van der Waals surface area contributed by atoms with Crippen LogP contribution in [0.4, 0.5) is 0 Å². The number of H-pyrrole nitrogens is 1. The van der Waals surface area contributed by atoms with Crippen LogP contribution in [0.1, 0.15) is 5.69 Å². The number of fused-ring (bicyclic) bond motifs is 1. The van der Waals surface area contributed by atoms with E-state index in [0.717, 1.165) is 27.9 Å². The van der Waals surface area contributed by atoms with Crippen LogP contribution in [-0.4, -0.2) is 22.2 Å². The monoisotopic (exact) mass is 254 g/mol. The van der Waals surface area contributed by atoms with Crippen LogP contribution in [0, 0.1) is 0 Å². The molecule has 0 unspecified atom stereocenters. The Hall–Kier alpha value is -2.33. The molecular weight excluding hydrogens is 240 g/mol. The number of aliphatic hydroxyl groups is 1. The molecule has 2 N–H and O–H groups in total. The molecule has 4 nitrogen and oxygen atoms in total. The number of aliphatic hydroxyl groups excluding tert-OH is 1. The number of aromatic amines is 1. The smallest absolute Gasteiger partial charge is 0.137 e. The second kappa shape index (κ2) is 4.74. The highest BCUT2D eigenvalue weighted by Gasteiger charge is 2.04. The number of benzene rings is 2. The third-order valence-electron chi connectivity index (χ3n) is 3.12. The van der Waals surface area contributed by atoms with E-state index in [9.17, 15) is 0 Å². The highest BCUT2D eigenvalue weighted by Crippen LogP contribution is 2.25. The fraction of sp³-hybridized carbons (Fsp3) is 0.133. The summed E-state index contributed by atoms with van der Waals surface area (Å²) in [4.78, 5) is 7.34. The molecule has 0 saturated heterocycles. The second-order valence-corrected chi connectivity index (χ2v) is 4.34. The predicted octanol–water partition coefficient (Wildman–Crippen LogP) is 2.73. The van der Waals surface area contributed by atoms with Crippen LogP contribution in [-0.2, 0) is 6.61 Å². The summed E-state index contributed by atoms with van der Waals surface area (Å²) in [7, 11) is 1.66. The first-order chi connectivity index (χ1) is 9.30. The number of hydrogen-bond acceptors (Lipinski definition) is 3. The van der Waals surface area contributed by atoms with Crippen LogP contribution >= 0.6 is 0 Å². The molecule has 0 aliphatic carbocycles. The van der Waals surface area contributed by atoms with E-state index in [1.54, 1.807) is 13.3 Å². The van der Waals surface area contributed by atoms with Crippen molar-refractivity contribution in [1.82, 2.24) is 9.97 Å². The van der Waals surface area contributed by atoms with Crippen molar-refractivity contribution in [3.63, 3.8) is 0 Å². The minimum atomic E-state index is -0.0300. The average molecular weight is 254 g/mol. The molecule has 0 aliphatic heterocycles. The summed E-state index contributed by atoms with van der Waals surface area (Å²) < 4.78 is 5.21. The molecule has 0 fully saturated rings. The molecule has 96 valence electrons. The van der Waals surface area contributed by atoms with Gasteiger partial charge in [0.15, 0.2) is 0 Å². The van der Waals surface area contributed by atoms with Gasteiger partial charge in [0.1, 0.15) is 11.6 Å². The van der Waals surface area contributed by atoms with Gasteiger partial charge < -0.3 is 14.8 Å². The molecule has 19 heavy (non-hydrogen) atoms. The molecule has 1 heterocycles. The lowest BCUT2D eigenvalue weighted by Gasteiger charge is -2.04. The van der Waals surface area contributed by atoms with Crippen molar-refractivity contribution in [2.75, 3.05) is 7.11 Å². The SMILES string of the molecule is COc1ccc2cc(-c3ncc(CO)[nH]3)ccc2c1. The van der Waals surface area contributed by atoms with E-state index in [4.69, 9.17) is 9.84 Å². The zero-order chi connectivity index (χ0) is 13.2. The van der Waals surface area contributed by atoms with Crippen molar-refractivity contribution in [3.05, 3.63) is 48.3 Å². The van der Waals surface area contributed by atoms with E-state index in [1.807, 2.05) is 30.3 Å². The van der Waals surface area contributed by atoms with E-state index >= 15 is 0 Å². The number of rotatable bonds is 3. The lowest BCUT2D eigenvalue weighted by molar-refractivity contribution is 0.277. The molecule has 4 heteroatoms. The van der Waals surface area contributed by atoms with E-state index < -0.39 is 0 Å². The maximum atomic E-state index is 9.04. The van der Waals surface area contributed by atoms with Gasteiger partial charge in [-0.05, 0) is 29.0 Å². The Morgan fingerprint density at radius 3 is 2.68 bits per heavy atom. The fourth-order valence-corrected chi connectivity index (χ4v) is 2.08. The van der Waals surface area contributed by atoms with E-state index in [1.165, 1.54) is 0 Å². The van der Waals surface area contributed by atoms with Gasteiger partial charge >= 0.3 is 0 Å². The molecule has 1 aromatic heterocycles. The molecule has 0 amide bonds. The van der Waals surface area contributed by atoms with Gasteiger partial charge in [-0.2, -0.15) is 0 Å². The van der Waals surface area contributed by atoms with Gasteiger partial charge in [0.25, 0.3) is 0 Å². The van der Waals surface area contributed by atoms with Crippen LogP contribution < -0.4 is 4.74 Å². The van der Waals surface area contributed by atoms with Crippen LogP contribution in [0.15, 0.2) is 42.6 Å². The molecule has 0 saturated carbocycles. The fourth-order valence-electron chi connectivity index (χ4n) is 2.08. The summed E-state index contributed by atoms with van der Waals surface area (Å²) >= 11 is 0. The number of nitrogens with zero attached hydrogens (tertiary/aromatic N) is 1. The molecule has 3 aromatic rings. The Labute approximate surface area is 110 Å². The van der Waals surface area contributed by atoms with Crippen molar-refractivity contribution in [2.45, 2.75) is 6.61 Å². The molecule has 0 aliphatic rings. The summed E-state index contributed by atoms with van der Waals surface area (Å²) in [5.41, 5.74) is 1.71. The van der Waals surface area contributed by atoms with E-state index in [0.29, 0.717) is 5.69 Å². The molecule has 2 aromatic carbocycles. The average Bonchev–Trinajstić information content (AvgIpc) is 2.95. The third kappa shape index (κ3) is 2.18. The van der Waals surface area contributed by atoms with E-state index in [2.05, 4.69) is 16.0 Å². The Morgan fingerprint density at radius 2 is 1.95 bits per heavy atom. The van der Waals surface area contributed by atoms with Gasteiger partial charge in [0.2, 0.25) is 0 Å². The van der Waals surface area contributed by atoms with Crippen LogP contribution in [0.25, 0.3) is 22.2 Å². The first-order valence-corrected chi connectivity index (χ1v) is 6.03. The highest BCUT2D eigenvalue weighted by molar-refractivity contribution is 5.87. The van der Waals surface area contributed by atoms with Gasteiger partial charge in [0, 0.05) is 5.56 Å². The number of aromatic nitrogens is 2. The number of methoxy groups -OCH3 is 1. The third-order valence-corrected chi connectivity index (χ3v) is 3.12. The lowest BCUT2D eigenvalue weighted by atomic mass is 10.1. The Balaban J connectivity index is 2.06. The minimum Gasteiger partial charge on any atom is -0.497 e. The normalized spacial score (nSPS) is 10.8. The zero-order valence-corrected chi connectivity index (χ0v) is 10.6. The van der Waals surface area contributed by atoms with E-state index in [-0.39, 0.29) is 6.61 Å². The second-order valence-electron chi connectivity index (χ2n) is 4.34. The molecule has 0 atom stereocenters.